The second-order valence-corrected chi connectivity index (χ2v) is 9.38. The highest BCUT2D eigenvalue weighted by Crippen LogP contribution is 2.66. The van der Waals surface area contributed by atoms with Gasteiger partial charge in [0, 0.05) is 5.92 Å². The molecule has 1 spiro atoms. The summed E-state index contributed by atoms with van der Waals surface area (Å²) in [6, 6.07) is 0. The zero-order chi connectivity index (χ0) is 17.3. The molecule has 6 atom stereocenters. The Morgan fingerprint density at radius 1 is 1.25 bits per heavy atom. The van der Waals surface area contributed by atoms with Gasteiger partial charge < -0.3 is 5.11 Å². The van der Waals surface area contributed by atoms with E-state index in [4.69, 9.17) is 9.78 Å². The first-order valence-electron chi connectivity index (χ1n) is 9.53. The summed E-state index contributed by atoms with van der Waals surface area (Å²) in [6.07, 6.45) is 8.07. The number of carbonyl (C=O) groups is 1. The van der Waals surface area contributed by atoms with E-state index in [-0.39, 0.29) is 23.0 Å². The van der Waals surface area contributed by atoms with Crippen LogP contribution in [0.25, 0.3) is 0 Å². The smallest absolute Gasteiger partial charge is 0.309 e. The Morgan fingerprint density at radius 3 is 2.67 bits per heavy atom. The van der Waals surface area contributed by atoms with Crippen LogP contribution in [0.2, 0.25) is 0 Å². The molecule has 2 heterocycles. The van der Waals surface area contributed by atoms with Crippen molar-refractivity contribution in [3.05, 3.63) is 11.6 Å². The van der Waals surface area contributed by atoms with E-state index in [1.165, 1.54) is 5.57 Å². The third kappa shape index (κ3) is 1.96. The first-order chi connectivity index (χ1) is 11.2. The summed E-state index contributed by atoms with van der Waals surface area (Å²) in [5.41, 5.74) is 0.453. The Labute approximate surface area is 144 Å². The second kappa shape index (κ2) is 5.07. The predicted octanol–water partition coefficient (Wildman–Crippen LogP) is 4.35. The minimum atomic E-state index is -0.620. The molecule has 5 rings (SSSR count). The topological polar surface area (TPSA) is 55.8 Å². The molecule has 5 aliphatic rings. The molecule has 134 valence electrons. The fourth-order valence-electron chi connectivity index (χ4n) is 6.61. The van der Waals surface area contributed by atoms with Gasteiger partial charge in [0.2, 0.25) is 0 Å². The maximum absolute atomic E-state index is 12.1. The van der Waals surface area contributed by atoms with Crippen molar-refractivity contribution in [1.29, 1.82) is 0 Å². The van der Waals surface area contributed by atoms with Crippen molar-refractivity contribution in [2.75, 3.05) is 0 Å². The van der Waals surface area contributed by atoms with Gasteiger partial charge in [-0.3, -0.25) is 4.79 Å². The molecule has 3 aliphatic carbocycles. The molecule has 0 aromatic rings. The van der Waals surface area contributed by atoms with Crippen LogP contribution < -0.4 is 0 Å². The van der Waals surface area contributed by atoms with Gasteiger partial charge in [0.15, 0.2) is 0 Å². The SMILES string of the molecule is CC(C)C1=C[C@]23CC[C@H]4[C@](C)(CCC[C@@]4(C)C(=O)O)[C@@H]2C[C@@H]1OO3. The number of aliphatic carboxylic acids is 1. The molecule has 2 bridgehead atoms. The molecule has 0 amide bonds. The molecule has 0 radical (unpaired) electrons. The Morgan fingerprint density at radius 2 is 2.00 bits per heavy atom. The van der Waals surface area contributed by atoms with E-state index in [0.717, 1.165) is 38.5 Å². The van der Waals surface area contributed by atoms with E-state index in [0.29, 0.717) is 11.8 Å². The summed E-state index contributed by atoms with van der Waals surface area (Å²) in [4.78, 5) is 23.8. The Kier molecular flexibility index (Phi) is 3.51. The van der Waals surface area contributed by atoms with Crippen LogP contribution in [0.15, 0.2) is 11.6 Å². The van der Waals surface area contributed by atoms with Gasteiger partial charge in [0.05, 0.1) is 5.41 Å². The van der Waals surface area contributed by atoms with Crippen LogP contribution in [0.1, 0.15) is 66.2 Å². The Hall–Kier alpha value is -0.870. The zero-order valence-electron chi connectivity index (χ0n) is 15.3. The van der Waals surface area contributed by atoms with Crippen LogP contribution in [0.5, 0.6) is 0 Å². The molecule has 1 N–H and O–H groups in total. The molecular formula is C20H30O4. The summed E-state index contributed by atoms with van der Waals surface area (Å²) >= 11 is 0. The lowest BCUT2D eigenvalue weighted by atomic mass is 9.43. The van der Waals surface area contributed by atoms with Crippen LogP contribution in [-0.4, -0.2) is 22.8 Å². The molecule has 24 heavy (non-hydrogen) atoms. The first-order valence-corrected chi connectivity index (χ1v) is 9.53. The standard InChI is InChI=1S/C20H30O4/c1-12(2)13-11-20-9-6-15-18(3,16(20)10-14(13)23-24-20)7-5-8-19(15,4)17(21)22/h11-12,14-16H,5-10H2,1-4H3,(H,21,22)/t14-,15-,16-,18-,19+,20+/m0/s1. The van der Waals surface area contributed by atoms with Gasteiger partial charge in [-0.2, -0.15) is 0 Å². The van der Waals surface area contributed by atoms with E-state index in [9.17, 15) is 9.90 Å². The minimum absolute atomic E-state index is 0.0185. The molecule has 2 saturated carbocycles. The summed E-state index contributed by atoms with van der Waals surface area (Å²) in [5.74, 6) is 0.443. The highest BCUT2D eigenvalue weighted by molar-refractivity contribution is 5.75. The molecular weight excluding hydrogens is 304 g/mol. The zero-order valence-corrected chi connectivity index (χ0v) is 15.3. The fraction of sp³-hybridized carbons (Fsp3) is 0.850. The van der Waals surface area contributed by atoms with Crippen LogP contribution in [0, 0.1) is 28.6 Å². The van der Waals surface area contributed by atoms with Crippen molar-refractivity contribution in [1.82, 2.24) is 0 Å². The van der Waals surface area contributed by atoms with E-state index >= 15 is 0 Å². The summed E-state index contributed by atoms with van der Waals surface area (Å²) < 4.78 is 0. The Balaban J connectivity index is 1.76. The monoisotopic (exact) mass is 334 g/mol. The molecule has 1 saturated heterocycles. The lowest BCUT2D eigenvalue weighted by Crippen LogP contribution is -2.65. The minimum Gasteiger partial charge on any atom is -0.481 e. The van der Waals surface area contributed by atoms with Crippen molar-refractivity contribution < 1.29 is 19.7 Å². The van der Waals surface area contributed by atoms with Crippen LogP contribution in [-0.2, 0) is 14.6 Å². The average molecular weight is 334 g/mol. The number of hydrogen-bond donors (Lipinski definition) is 1. The highest BCUT2D eigenvalue weighted by atomic mass is 17.2. The number of hydrogen-bond acceptors (Lipinski definition) is 3. The lowest BCUT2D eigenvalue weighted by molar-refractivity contribution is -0.434. The summed E-state index contributed by atoms with van der Waals surface area (Å²) in [5, 5.41) is 9.92. The quantitative estimate of drug-likeness (QED) is 0.602. The van der Waals surface area contributed by atoms with Gasteiger partial charge in [-0.25, -0.2) is 9.78 Å². The average Bonchev–Trinajstić information content (AvgIpc) is 2.54. The first kappa shape index (κ1) is 16.6. The number of fused-ring (bicyclic) bond motifs is 2. The van der Waals surface area contributed by atoms with Gasteiger partial charge in [-0.1, -0.05) is 27.2 Å². The second-order valence-electron chi connectivity index (χ2n) is 9.38. The lowest BCUT2D eigenvalue weighted by Gasteiger charge is -2.64. The maximum atomic E-state index is 12.1. The van der Waals surface area contributed by atoms with E-state index in [2.05, 4.69) is 26.8 Å². The molecule has 0 aromatic carbocycles. The van der Waals surface area contributed by atoms with Gasteiger partial charge in [0.25, 0.3) is 0 Å². The largest absolute Gasteiger partial charge is 0.481 e. The van der Waals surface area contributed by atoms with E-state index in [1.807, 2.05) is 6.92 Å². The number of carboxylic acids is 1. The summed E-state index contributed by atoms with van der Waals surface area (Å²) in [6.45, 7) is 8.74. The normalized spacial score (nSPS) is 50.2. The van der Waals surface area contributed by atoms with Gasteiger partial charge in [0.1, 0.15) is 11.7 Å². The third-order valence-corrected chi connectivity index (χ3v) is 7.89. The molecule has 4 nitrogen and oxygen atoms in total. The predicted molar refractivity (Wildman–Crippen MR) is 90.1 cm³/mol. The highest BCUT2D eigenvalue weighted by Gasteiger charge is 2.66. The molecule has 4 heteroatoms. The molecule has 0 aromatic heterocycles. The van der Waals surface area contributed by atoms with Gasteiger partial charge >= 0.3 is 5.97 Å². The molecule has 2 aliphatic heterocycles. The Bertz CT molecular complexity index is 596. The number of carboxylic acid groups (broad SMARTS) is 1. The van der Waals surface area contributed by atoms with Crippen LogP contribution >= 0.6 is 0 Å². The molecule has 0 unspecified atom stereocenters. The number of rotatable bonds is 2. The summed E-state index contributed by atoms with van der Waals surface area (Å²) in [7, 11) is 0. The maximum Gasteiger partial charge on any atom is 0.309 e. The van der Waals surface area contributed by atoms with Gasteiger partial charge in [-0.15, -0.1) is 0 Å². The van der Waals surface area contributed by atoms with Gasteiger partial charge in [-0.05, 0) is 67.9 Å². The van der Waals surface area contributed by atoms with Crippen molar-refractivity contribution in [2.24, 2.45) is 28.6 Å². The molecule has 3 fully saturated rings. The van der Waals surface area contributed by atoms with E-state index in [1.54, 1.807) is 0 Å². The van der Waals surface area contributed by atoms with Crippen molar-refractivity contribution >= 4 is 5.97 Å². The van der Waals surface area contributed by atoms with Crippen molar-refractivity contribution in [2.45, 2.75) is 77.9 Å². The third-order valence-electron chi connectivity index (χ3n) is 7.89. The fourth-order valence-corrected chi connectivity index (χ4v) is 6.61. The van der Waals surface area contributed by atoms with Crippen molar-refractivity contribution in [3.63, 3.8) is 0 Å². The van der Waals surface area contributed by atoms with Crippen molar-refractivity contribution in [3.8, 4) is 0 Å². The van der Waals surface area contributed by atoms with Crippen LogP contribution in [0.3, 0.4) is 0 Å². The van der Waals surface area contributed by atoms with Crippen LogP contribution in [0.4, 0.5) is 0 Å². The van der Waals surface area contributed by atoms with E-state index < -0.39 is 11.4 Å².